The van der Waals surface area contributed by atoms with E-state index in [4.69, 9.17) is 4.74 Å². The molecule has 0 radical (unpaired) electrons. The quantitative estimate of drug-likeness (QED) is 0.704. The molecule has 5 nitrogen and oxygen atoms in total. The summed E-state index contributed by atoms with van der Waals surface area (Å²) in [6, 6.07) is 0. The van der Waals surface area contributed by atoms with Crippen LogP contribution in [0.15, 0.2) is 15.8 Å². The molecule has 3 unspecified atom stereocenters. The maximum Gasteiger partial charge on any atom is 0.330 e. The van der Waals surface area contributed by atoms with Crippen LogP contribution in [0.25, 0.3) is 0 Å². The van der Waals surface area contributed by atoms with Gasteiger partial charge in [0, 0.05) is 19.8 Å². The molecule has 0 N–H and O–H groups in total. The van der Waals surface area contributed by atoms with Gasteiger partial charge in [-0.3, -0.25) is 13.9 Å². The van der Waals surface area contributed by atoms with Crippen LogP contribution in [0.2, 0.25) is 0 Å². The van der Waals surface area contributed by atoms with Crippen LogP contribution in [-0.4, -0.2) is 15.2 Å². The van der Waals surface area contributed by atoms with E-state index in [1.54, 1.807) is 17.8 Å². The van der Waals surface area contributed by atoms with E-state index in [1.165, 1.54) is 4.57 Å². The Bertz CT molecular complexity index is 616. The number of hydrogen-bond donors (Lipinski definition) is 0. The minimum Gasteiger partial charge on any atom is -0.370 e. The Labute approximate surface area is 111 Å². The van der Waals surface area contributed by atoms with Gasteiger partial charge in [0.15, 0.2) is 0 Å². The first-order chi connectivity index (χ1) is 8.99. The fourth-order valence-corrected chi connectivity index (χ4v) is 3.22. The number of aromatic nitrogens is 2. The largest absolute Gasteiger partial charge is 0.370 e. The molecule has 0 aliphatic carbocycles. The molecule has 104 valence electrons. The van der Waals surface area contributed by atoms with E-state index in [1.807, 2.05) is 0 Å². The van der Waals surface area contributed by atoms with Gasteiger partial charge in [-0.15, -0.1) is 0 Å². The molecule has 0 aromatic carbocycles. The molecule has 0 saturated carbocycles. The number of ether oxygens (including phenoxy) is 1. The van der Waals surface area contributed by atoms with Crippen LogP contribution in [0, 0.1) is 11.8 Å². The van der Waals surface area contributed by atoms with Crippen molar-refractivity contribution in [2.24, 2.45) is 18.9 Å². The van der Waals surface area contributed by atoms with Crippen LogP contribution >= 0.6 is 0 Å². The maximum atomic E-state index is 12.2. The molecule has 1 saturated heterocycles. The molecular weight excluding hydrogens is 244 g/mol. The molecule has 4 bridgehead atoms. The SMILES string of the molecule is CC1Cn2cc(c(=O)n(C)c2=O)[C@H]2CCC(O2)C1C. The van der Waals surface area contributed by atoms with E-state index in [-0.39, 0.29) is 23.5 Å². The number of rotatable bonds is 0. The Morgan fingerprint density at radius 1 is 1.26 bits per heavy atom. The van der Waals surface area contributed by atoms with Crippen LogP contribution in [0.1, 0.15) is 38.4 Å². The van der Waals surface area contributed by atoms with Crippen LogP contribution in [0.5, 0.6) is 0 Å². The van der Waals surface area contributed by atoms with E-state index < -0.39 is 0 Å². The lowest BCUT2D eigenvalue weighted by Gasteiger charge is -2.25. The highest BCUT2D eigenvalue weighted by atomic mass is 16.5. The molecule has 2 aliphatic heterocycles. The third-order valence-electron chi connectivity index (χ3n) is 4.75. The molecule has 1 aromatic heterocycles. The molecule has 3 rings (SSSR count). The lowest BCUT2D eigenvalue weighted by Crippen LogP contribution is -2.41. The van der Waals surface area contributed by atoms with E-state index in [2.05, 4.69) is 13.8 Å². The number of fused-ring (bicyclic) bond motifs is 5. The van der Waals surface area contributed by atoms with Crippen molar-refractivity contribution in [3.05, 3.63) is 32.6 Å². The first-order valence-electron chi connectivity index (χ1n) is 6.95. The van der Waals surface area contributed by atoms with Crippen LogP contribution in [0.4, 0.5) is 0 Å². The van der Waals surface area contributed by atoms with Gasteiger partial charge in [-0.25, -0.2) is 4.79 Å². The predicted molar refractivity (Wildman–Crippen MR) is 71.1 cm³/mol. The van der Waals surface area contributed by atoms with Gasteiger partial charge in [0.2, 0.25) is 0 Å². The van der Waals surface area contributed by atoms with Crippen LogP contribution in [0.3, 0.4) is 0 Å². The van der Waals surface area contributed by atoms with Crippen molar-refractivity contribution in [1.29, 1.82) is 0 Å². The summed E-state index contributed by atoms with van der Waals surface area (Å²) >= 11 is 0. The minimum atomic E-state index is -0.231. The molecule has 0 spiro atoms. The summed E-state index contributed by atoms with van der Waals surface area (Å²) in [5.74, 6) is 0.747. The summed E-state index contributed by atoms with van der Waals surface area (Å²) in [4.78, 5) is 24.3. The molecule has 0 amide bonds. The van der Waals surface area contributed by atoms with Crippen molar-refractivity contribution in [3.63, 3.8) is 0 Å². The molecule has 3 heterocycles. The molecule has 4 atom stereocenters. The number of nitrogens with zero attached hydrogens (tertiary/aromatic N) is 2. The maximum absolute atomic E-state index is 12.2. The molecule has 2 aliphatic rings. The lowest BCUT2D eigenvalue weighted by atomic mass is 9.88. The van der Waals surface area contributed by atoms with E-state index >= 15 is 0 Å². The summed E-state index contributed by atoms with van der Waals surface area (Å²) in [5, 5.41) is 0. The van der Waals surface area contributed by atoms with E-state index in [9.17, 15) is 9.59 Å². The summed E-state index contributed by atoms with van der Waals surface area (Å²) < 4.78 is 8.92. The molecular formula is C14H20N2O3. The van der Waals surface area contributed by atoms with Gasteiger partial charge >= 0.3 is 5.69 Å². The second-order valence-corrected chi connectivity index (χ2v) is 5.96. The van der Waals surface area contributed by atoms with Gasteiger partial charge < -0.3 is 4.74 Å². The first kappa shape index (κ1) is 12.7. The standard InChI is InChI=1S/C14H20N2O3/c1-8-6-16-7-10(13(17)15(3)14(16)18)12-5-4-11(19-12)9(8)2/h7-9,11-12H,4-6H2,1-3H3/t8?,9?,11?,12-/m1/s1. The zero-order chi connectivity index (χ0) is 13.7. The van der Waals surface area contributed by atoms with Gasteiger partial charge in [0.25, 0.3) is 5.56 Å². The van der Waals surface area contributed by atoms with Crippen molar-refractivity contribution in [3.8, 4) is 0 Å². The van der Waals surface area contributed by atoms with Crippen molar-refractivity contribution < 1.29 is 4.74 Å². The highest BCUT2D eigenvalue weighted by Gasteiger charge is 2.36. The average molecular weight is 264 g/mol. The Balaban J connectivity index is 2.21. The smallest absolute Gasteiger partial charge is 0.330 e. The van der Waals surface area contributed by atoms with Crippen LogP contribution in [-0.2, 0) is 18.3 Å². The predicted octanol–water partition coefficient (Wildman–Crippen LogP) is 1.05. The Morgan fingerprint density at radius 3 is 2.74 bits per heavy atom. The summed E-state index contributed by atoms with van der Waals surface area (Å²) in [7, 11) is 1.54. The van der Waals surface area contributed by atoms with E-state index in [0.717, 1.165) is 12.8 Å². The Hall–Kier alpha value is -1.36. The molecule has 1 fully saturated rings. The minimum absolute atomic E-state index is 0.150. The molecule has 5 heteroatoms. The van der Waals surface area contributed by atoms with Gasteiger partial charge in [0.1, 0.15) is 0 Å². The lowest BCUT2D eigenvalue weighted by molar-refractivity contribution is 0.000166. The zero-order valence-corrected chi connectivity index (χ0v) is 11.6. The van der Waals surface area contributed by atoms with Gasteiger partial charge in [-0.1, -0.05) is 13.8 Å². The number of hydrogen-bond acceptors (Lipinski definition) is 3. The molecule has 19 heavy (non-hydrogen) atoms. The normalized spacial score (nSPS) is 33.6. The summed E-state index contributed by atoms with van der Waals surface area (Å²) in [6.45, 7) is 4.96. The van der Waals surface area contributed by atoms with Gasteiger partial charge in [-0.05, 0) is 24.7 Å². The van der Waals surface area contributed by atoms with E-state index in [0.29, 0.717) is 23.9 Å². The fraction of sp³-hybridized carbons (Fsp3) is 0.714. The topological polar surface area (TPSA) is 53.2 Å². The Kier molecular flexibility index (Phi) is 2.89. The highest BCUT2D eigenvalue weighted by Crippen LogP contribution is 2.37. The third kappa shape index (κ3) is 1.87. The second kappa shape index (κ2) is 4.34. The fourth-order valence-electron chi connectivity index (χ4n) is 3.22. The van der Waals surface area contributed by atoms with Crippen LogP contribution < -0.4 is 11.2 Å². The summed E-state index contributed by atoms with van der Waals surface area (Å²) in [5.41, 5.74) is 0.186. The Morgan fingerprint density at radius 2 is 2.00 bits per heavy atom. The zero-order valence-electron chi connectivity index (χ0n) is 11.6. The van der Waals surface area contributed by atoms with Crippen molar-refractivity contribution in [2.45, 2.75) is 45.4 Å². The average Bonchev–Trinajstić information content (AvgIpc) is 2.88. The van der Waals surface area contributed by atoms with Crippen molar-refractivity contribution in [2.75, 3.05) is 0 Å². The first-order valence-corrected chi connectivity index (χ1v) is 6.95. The van der Waals surface area contributed by atoms with Crippen molar-refractivity contribution >= 4 is 0 Å². The van der Waals surface area contributed by atoms with Gasteiger partial charge in [0.05, 0.1) is 17.8 Å². The second-order valence-electron chi connectivity index (χ2n) is 5.96. The highest BCUT2D eigenvalue weighted by molar-refractivity contribution is 5.12. The monoisotopic (exact) mass is 264 g/mol. The third-order valence-corrected chi connectivity index (χ3v) is 4.75. The van der Waals surface area contributed by atoms with Gasteiger partial charge in [-0.2, -0.15) is 0 Å². The molecule has 1 aromatic rings. The van der Waals surface area contributed by atoms with Crippen molar-refractivity contribution in [1.82, 2.24) is 9.13 Å². The summed E-state index contributed by atoms with van der Waals surface area (Å²) in [6.07, 6.45) is 3.64.